The molecular formula is C17H24N2OS. The number of para-hydroxylation sites is 1. The molecule has 1 aromatic carbocycles. The van der Waals surface area contributed by atoms with Crippen molar-refractivity contribution in [2.75, 3.05) is 13.7 Å². The number of thiazole rings is 1. The van der Waals surface area contributed by atoms with Crippen molar-refractivity contribution in [3.63, 3.8) is 0 Å². The third kappa shape index (κ3) is 4.83. The molecular weight excluding hydrogens is 280 g/mol. The maximum Gasteiger partial charge on any atom is 0.119 e. The molecule has 3 nitrogen and oxygen atoms in total. The summed E-state index contributed by atoms with van der Waals surface area (Å²) in [6.45, 7) is 7.23. The van der Waals surface area contributed by atoms with Gasteiger partial charge in [0.25, 0.3) is 0 Å². The number of nitrogens with one attached hydrogen (secondary N) is 1. The Bertz CT molecular complexity index is 545. The van der Waals surface area contributed by atoms with Gasteiger partial charge in [0.05, 0.1) is 10.7 Å². The van der Waals surface area contributed by atoms with Gasteiger partial charge in [-0.1, -0.05) is 39.0 Å². The fourth-order valence-electron chi connectivity index (χ4n) is 1.92. The fraction of sp³-hybridized carbons (Fsp3) is 0.471. The zero-order valence-electron chi connectivity index (χ0n) is 13.2. The van der Waals surface area contributed by atoms with Gasteiger partial charge in [-0.25, -0.2) is 4.98 Å². The highest BCUT2D eigenvalue weighted by atomic mass is 32.1. The second-order valence-corrected chi connectivity index (χ2v) is 7.13. The van der Waals surface area contributed by atoms with Crippen LogP contribution in [0.15, 0.2) is 35.7 Å². The SMILES string of the molecule is CNC(COc1ccccc1)Cc1nc(C(C)(C)C)cs1. The molecule has 1 aromatic heterocycles. The lowest BCUT2D eigenvalue weighted by Crippen LogP contribution is -2.33. The van der Waals surface area contributed by atoms with E-state index < -0.39 is 0 Å². The van der Waals surface area contributed by atoms with Gasteiger partial charge in [-0.15, -0.1) is 11.3 Å². The molecule has 0 aliphatic rings. The fourth-order valence-corrected chi connectivity index (χ4v) is 3.02. The molecule has 1 atom stereocenters. The lowest BCUT2D eigenvalue weighted by molar-refractivity contribution is 0.269. The number of nitrogens with zero attached hydrogens (tertiary/aromatic N) is 1. The van der Waals surface area contributed by atoms with E-state index in [0.29, 0.717) is 6.61 Å². The lowest BCUT2D eigenvalue weighted by atomic mass is 9.93. The third-order valence-electron chi connectivity index (χ3n) is 3.34. The summed E-state index contributed by atoms with van der Waals surface area (Å²) in [5.74, 6) is 0.910. The van der Waals surface area contributed by atoms with E-state index in [1.807, 2.05) is 37.4 Å². The summed E-state index contributed by atoms with van der Waals surface area (Å²) >= 11 is 1.74. The first-order valence-corrected chi connectivity index (χ1v) is 8.17. The Labute approximate surface area is 131 Å². The zero-order chi connectivity index (χ0) is 15.3. The summed E-state index contributed by atoms with van der Waals surface area (Å²) in [4.78, 5) is 4.75. The molecule has 4 heteroatoms. The van der Waals surface area contributed by atoms with Crippen molar-refractivity contribution in [3.8, 4) is 5.75 Å². The summed E-state index contributed by atoms with van der Waals surface area (Å²) in [6, 6.07) is 10.2. The van der Waals surface area contributed by atoms with Crippen LogP contribution in [0.4, 0.5) is 0 Å². The first-order chi connectivity index (χ1) is 9.99. The topological polar surface area (TPSA) is 34.1 Å². The normalized spacial score (nSPS) is 13.1. The first-order valence-electron chi connectivity index (χ1n) is 7.29. The maximum absolute atomic E-state index is 5.82. The van der Waals surface area contributed by atoms with Crippen molar-refractivity contribution in [2.45, 2.75) is 38.6 Å². The Kier molecular flexibility index (Phi) is 5.37. The molecule has 1 N–H and O–H groups in total. The van der Waals surface area contributed by atoms with E-state index in [4.69, 9.17) is 9.72 Å². The highest BCUT2D eigenvalue weighted by Crippen LogP contribution is 2.24. The van der Waals surface area contributed by atoms with E-state index in [1.54, 1.807) is 11.3 Å². The van der Waals surface area contributed by atoms with Crippen molar-refractivity contribution in [1.82, 2.24) is 10.3 Å². The van der Waals surface area contributed by atoms with Crippen LogP contribution in [-0.4, -0.2) is 24.7 Å². The molecule has 2 aromatic rings. The van der Waals surface area contributed by atoms with Gasteiger partial charge in [0.2, 0.25) is 0 Å². The average Bonchev–Trinajstić information content (AvgIpc) is 2.93. The predicted octanol–water partition coefficient (Wildman–Crippen LogP) is 3.65. The van der Waals surface area contributed by atoms with Crippen LogP contribution < -0.4 is 10.1 Å². The quantitative estimate of drug-likeness (QED) is 0.884. The molecule has 0 aliphatic heterocycles. The van der Waals surface area contributed by atoms with Gasteiger partial charge < -0.3 is 10.1 Å². The Morgan fingerprint density at radius 2 is 1.95 bits per heavy atom. The van der Waals surface area contributed by atoms with Crippen LogP contribution in [0.1, 0.15) is 31.5 Å². The Balaban J connectivity index is 1.91. The summed E-state index contributed by atoms with van der Waals surface area (Å²) in [5, 5.41) is 6.64. The smallest absolute Gasteiger partial charge is 0.119 e. The Morgan fingerprint density at radius 3 is 2.52 bits per heavy atom. The van der Waals surface area contributed by atoms with E-state index >= 15 is 0 Å². The third-order valence-corrected chi connectivity index (χ3v) is 4.21. The Hall–Kier alpha value is -1.39. The molecule has 1 unspecified atom stereocenters. The molecule has 0 saturated carbocycles. The van der Waals surface area contributed by atoms with Crippen LogP contribution in [0.5, 0.6) is 5.75 Å². The highest BCUT2D eigenvalue weighted by molar-refractivity contribution is 7.09. The van der Waals surface area contributed by atoms with Crippen molar-refractivity contribution in [1.29, 1.82) is 0 Å². The van der Waals surface area contributed by atoms with Crippen LogP contribution in [0.3, 0.4) is 0 Å². The summed E-state index contributed by atoms with van der Waals surface area (Å²) < 4.78 is 5.82. The van der Waals surface area contributed by atoms with Crippen molar-refractivity contribution >= 4 is 11.3 Å². The molecule has 0 saturated heterocycles. The number of hydrogen-bond acceptors (Lipinski definition) is 4. The summed E-state index contributed by atoms with van der Waals surface area (Å²) in [6.07, 6.45) is 0.893. The largest absolute Gasteiger partial charge is 0.492 e. The maximum atomic E-state index is 5.82. The minimum Gasteiger partial charge on any atom is -0.492 e. The van der Waals surface area contributed by atoms with Crippen molar-refractivity contribution < 1.29 is 4.74 Å². The lowest BCUT2D eigenvalue weighted by Gasteiger charge is -2.16. The van der Waals surface area contributed by atoms with Gasteiger partial charge in [0, 0.05) is 23.3 Å². The molecule has 0 amide bonds. The molecule has 0 bridgehead atoms. The molecule has 0 spiro atoms. The van der Waals surface area contributed by atoms with Gasteiger partial charge >= 0.3 is 0 Å². The van der Waals surface area contributed by atoms with E-state index in [1.165, 1.54) is 5.69 Å². The summed E-state index contributed by atoms with van der Waals surface area (Å²) in [7, 11) is 1.97. The average molecular weight is 304 g/mol. The van der Waals surface area contributed by atoms with Crippen molar-refractivity contribution in [3.05, 3.63) is 46.4 Å². The summed E-state index contributed by atoms with van der Waals surface area (Å²) in [5.41, 5.74) is 1.28. The highest BCUT2D eigenvalue weighted by Gasteiger charge is 2.18. The number of rotatable bonds is 6. The van der Waals surface area contributed by atoms with Crippen LogP contribution in [0.25, 0.3) is 0 Å². The van der Waals surface area contributed by atoms with Gasteiger partial charge in [-0.05, 0) is 19.2 Å². The van der Waals surface area contributed by atoms with E-state index in [0.717, 1.165) is 17.2 Å². The molecule has 1 heterocycles. The molecule has 21 heavy (non-hydrogen) atoms. The van der Waals surface area contributed by atoms with E-state index in [2.05, 4.69) is 31.5 Å². The van der Waals surface area contributed by atoms with Gasteiger partial charge in [0.15, 0.2) is 0 Å². The van der Waals surface area contributed by atoms with E-state index in [9.17, 15) is 0 Å². The molecule has 114 valence electrons. The van der Waals surface area contributed by atoms with Crippen LogP contribution >= 0.6 is 11.3 Å². The number of aromatic nitrogens is 1. The molecule has 0 fully saturated rings. The van der Waals surface area contributed by atoms with Crippen LogP contribution in [-0.2, 0) is 11.8 Å². The second-order valence-electron chi connectivity index (χ2n) is 6.19. The molecule has 2 rings (SSSR count). The van der Waals surface area contributed by atoms with Crippen molar-refractivity contribution in [2.24, 2.45) is 0 Å². The number of likely N-dealkylation sites (N-methyl/N-ethyl adjacent to an activating group) is 1. The standard InChI is InChI=1S/C17H24N2OS/c1-17(2,3)15-12-21-16(19-15)10-13(18-4)11-20-14-8-6-5-7-9-14/h5-9,12-13,18H,10-11H2,1-4H3. The molecule has 0 aliphatic carbocycles. The van der Waals surface area contributed by atoms with Crippen LogP contribution in [0, 0.1) is 0 Å². The first kappa shape index (κ1) is 16.0. The molecule has 0 radical (unpaired) electrons. The monoisotopic (exact) mass is 304 g/mol. The number of ether oxygens (including phenoxy) is 1. The number of hydrogen-bond donors (Lipinski definition) is 1. The zero-order valence-corrected chi connectivity index (χ0v) is 14.0. The van der Waals surface area contributed by atoms with Gasteiger partial charge in [-0.3, -0.25) is 0 Å². The predicted molar refractivity (Wildman–Crippen MR) is 89.3 cm³/mol. The van der Waals surface area contributed by atoms with Gasteiger partial charge in [-0.2, -0.15) is 0 Å². The number of benzene rings is 1. The van der Waals surface area contributed by atoms with E-state index in [-0.39, 0.29) is 11.5 Å². The minimum absolute atomic E-state index is 0.116. The second kappa shape index (κ2) is 7.05. The van der Waals surface area contributed by atoms with Gasteiger partial charge in [0.1, 0.15) is 12.4 Å². The Morgan fingerprint density at radius 1 is 1.24 bits per heavy atom. The van der Waals surface area contributed by atoms with Crippen LogP contribution in [0.2, 0.25) is 0 Å². The minimum atomic E-state index is 0.116.